The number of pyridine rings is 1. The van der Waals surface area contributed by atoms with Crippen molar-refractivity contribution in [1.29, 1.82) is 0 Å². The van der Waals surface area contributed by atoms with Gasteiger partial charge in [-0.2, -0.15) is 0 Å². The van der Waals surface area contributed by atoms with E-state index >= 15 is 0 Å². The molecule has 2 aromatic rings. The van der Waals surface area contributed by atoms with Crippen LogP contribution in [0.25, 0.3) is 11.5 Å². The van der Waals surface area contributed by atoms with Gasteiger partial charge in [-0.25, -0.2) is 4.98 Å². The second-order valence-corrected chi connectivity index (χ2v) is 6.02. The van der Waals surface area contributed by atoms with Gasteiger partial charge >= 0.3 is 0 Å². The zero-order valence-corrected chi connectivity index (χ0v) is 14.2. The lowest BCUT2D eigenvalue weighted by Crippen LogP contribution is -2.52. The number of hydrogen-bond acceptors (Lipinski definition) is 6. The summed E-state index contributed by atoms with van der Waals surface area (Å²) in [5, 5.41) is 9.36. The van der Waals surface area contributed by atoms with Crippen molar-refractivity contribution in [3.05, 3.63) is 36.0 Å². The standard InChI is InChI=1S/C17H20N4O4/c1-11-9-13(3-4-18-11)15-19-14(10-25-15)17(24)21-7-5-20(6-8-21)16(23)12(2)22/h3-4,9-10,12,22H,5-8H2,1-2H3. The molecular formula is C17H20N4O4. The first-order valence-electron chi connectivity index (χ1n) is 8.10. The van der Waals surface area contributed by atoms with Crippen molar-refractivity contribution in [2.45, 2.75) is 20.0 Å². The molecule has 0 spiro atoms. The van der Waals surface area contributed by atoms with Gasteiger partial charge in [-0.15, -0.1) is 0 Å². The van der Waals surface area contributed by atoms with E-state index in [0.717, 1.165) is 11.3 Å². The summed E-state index contributed by atoms with van der Waals surface area (Å²) in [6.45, 7) is 4.89. The molecule has 0 bridgehead atoms. The number of aliphatic hydroxyl groups is 1. The number of aryl methyl sites for hydroxylation is 1. The van der Waals surface area contributed by atoms with Crippen LogP contribution in [0.15, 0.2) is 29.0 Å². The number of nitrogens with zero attached hydrogens (tertiary/aromatic N) is 4. The lowest BCUT2D eigenvalue weighted by Gasteiger charge is -2.34. The lowest BCUT2D eigenvalue weighted by atomic mass is 10.2. The summed E-state index contributed by atoms with van der Waals surface area (Å²) in [7, 11) is 0. The molecule has 132 valence electrons. The van der Waals surface area contributed by atoms with Gasteiger partial charge in [0.25, 0.3) is 11.8 Å². The molecule has 8 nitrogen and oxygen atoms in total. The molecule has 3 rings (SSSR count). The Morgan fingerprint density at radius 1 is 1.24 bits per heavy atom. The number of aromatic nitrogens is 2. The molecule has 1 saturated heterocycles. The van der Waals surface area contributed by atoms with Crippen LogP contribution in [0, 0.1) is 6.92 Å². The summed E-state index contributed by atoms with van der Waals surface area (Å²) < 4.78 is 5.42. The Balaban J connectivity index is 1.66. The third kappa shape index (κ3) is 3.69. The highest BCUT2D eigenvalue weighted by Crippen LogP contribution is 2.19. The van der Waals surface area contributed by atoms with Crippen molar-refractivity contribution in [1.82, 2.24) is 19.8 Å². The Morgan fingerprint density at radius 3 is 2.56 bits per heavy atom. The Bertz CT molecular complexity index is 778. The van der Waals surface area contributed by atoms with Crippen LogP contribution >= 0.6 is 0 Å². The Hall–Kier alpha value is -2.74. The van der Waals surface area contributed by atoms with Crippen molar-refractivity contribution in [2.24, 2.45) is 0 Å². The first kappa shape index (κ1) is 17.1. The minimum Gasteiger partial charge on any atom is -0.444 e. The molecular weight excluding hydrogens is 324 g/mol. The number of hydrogen-bond donors (Lipinski definition) is 1. The molecule has 0 aromatic carbocycles. The molecule has 25 heavy (non-hydrogen) atoms. The zero-order chi connectivity index (χ0) is 18.0. The molecule has 0 saturated carbocycles. The first-order valence-corrected chi connectivity index (χ1v) is 8.10. The highest BCUT2D eigenvalue weighted by molar-refractivity contribution is 5.92. The average Bonchev–Trinajstić information content (AvgIpc) is 3.10. The number of piperazine rings is 1. The van der Waals surface area contributed by atoms with Crippen molar-refractivity contribution in [3.8, 4) is 11.5 Å². The number of carbonyl (C=O) groups is 2. The van der Waals surface area contributed by atoms with Gasteiger partial charge in [-0.3, -0.25) is 14.6 Å². The molecule has 1 unspecified atom stereocenters. The maximum absolute atomic E-state index is 12.6. The molecule has 0 aliphatic carbocycles. The van der Waals surface area contributed by atoms with E-state index in [9.17, 15) is 14.7 Å². The minimum absolute atomic E-state index is 0.232. The fourth-order valence-corrected chi connectivity index (χ4v) is 2.74. The van der Waals surface area contributed by atoms with Crippen LogP contribution < -0.4 is 0 Å². The van der Waals surface area contributed by atoms with E-state index in [2.05, 4.69) is 9.97 Å². The van der Waals surface area contributed by atoms with Crippen molar-refractivity contribution >= 4 is 11.8 Å². The van der Waals surface area contributed by atoms with E-state index < -0.39 is 6.10 Å². The van der Waals surface area contributed by atoms with E-state index in [1.807, 2.05) is 13.0 Å². The van der Waals surface area contributed by atoms with Crippen LogP contribution in [-0.2, 0) is 4.79 Å². The fourth-order valence-electron chi connectivity index (χ4n) is 2.74. The van der Waals surface area contributed by atoms with Crippen LogP contribution in [0.2, 0.25) is 0 Å². The molecule has 2 aromatic heterocycles. The maximum Gasteiger partial charge on any atom is 0.275 e. The van der Waals surface area contributed by atoms with Gasteiger partial charge in [0.1, 0.15) is 12.4 Å². The number of carbonyl (C=O) groups excluding carboxylic acids is 2. The molecule has 2 amide bonds. The van der Waals surface area contributed by atoms with Crippen LogP contribution in [0.1, 0.15) is 23.1 Å². The number of aliphatic hydroxyl groups excluding tert-OH is 1. The first-order chi connectivity index (χ1) is 12.0. The summed E-state index contributed by atoms with van der Waals surface area (Å²) in [6.07, 6.45) is 1.99. The van der Waals surface area contributed by atoms with Gasteiger partial charge in [0.15, 0.2) is 5.69 Å². The maximum atomic E-state index is 12.6. The van der Waals surface area contributed by atoms with Gasteiger partial charge in [0.2, 0.25) is 5.89 Å². The number of oxazole rings is 1. The fraction of sp³-hybridized carbons (Fsp3) is 0.412. The normalized spacial score (nSPS) is 16.0. The second-order valence-electron chi connectivity index (χ2n) is 6.02. The Morgan fingerprint density at radius 2 is 1.92 bits per heavy atom. The summed E-state index contributed by atoms with van der Waals surface area (Å²) >= 11 is 0. The molecule has 0 radical (unpaired) electrons. The van der Waals surface area contributed by atoms with Gasteiger partial charge < -0.3 is 19.3 Å². The minimum atomic E-state index is -1.02. The van der Waals surface area contributed by atoms with Crippen LogP contribution in [0.3, 0.4) is 0 Å². The Labute approximate surface area is 145 Å². The summed E-state index contributed by atoms with van der Waals surface area (Å²) in [4.78, 5) is 35.9. The third-order valence-electron chi connectivity index (χ3n) is 4.10. The quantitative estimate of drug-likeness (QED) is 0.880. The predicted molar refractivity (Wildman–Crippen MR) is 88.6 cm³/mol. The molecule has 3 heterocycles. The SMILES string of the molecule is Cc1cc(-c2nc(C(=O)N3CCN(C(=O)C(C)O)CC3)co2)ccn1. The number of rotatable bonds is 3. The zero-order valence-electron chi connectivity index (χ0n) is 14.2. The van der Waals surface area contributed by atoms with Gasteiger partial charge in [0.05, 0.1) is 0 Å². The monoisotopic (exact) mass is 344 g/mol. The lowest BCUT2D eigenvalue weighted by molar-refractivity contribution is -0.140. The summed E-state index contributed by atoms with van der Waals surface area (Å²) in [5.74, 6) is -0.175. The largest absolute Gasteiger partial charge is 0.444 e. The predicted octanol–water partition coefficient (Wildman–Crippen LogP) is 0.710. The van der Waals surface area contributed by atoms with Crippen LogP contribution in [0.4, 0.5) is 0 Å². The van der Waals surface area contributed by atoms with Crippen molar-refractivity contribution < 1.29 is 19.1 Å². The molecule has 1 aliphatic rings. The highest BCUT2D eigenvalue weighted by atomic mass is 16.3. The highest BCUT2D eigenvalue weighted by Gasteiger charge is 2.28. The van der Waals surface area contributed by atoms with Crippen LogP contribution in [-0.4, -0.2) is 69.0 Å². The van der Waals surface area contributed by atoms with E-state index in [4.69, 9.17) is 4.42 Å². The topological polar surface area (TPSA) is 99.8 Å². The van der Waals surface area contributed by atoms with Crippen LogP contribution in [0.5, 0.6) is 0 Å². The number of amides is 2. The molecule has 1 fully saturated rings. The van der Waals surface area contributed by atoms with Gasteiger partial charge in [-0.1, -0.05) is 0 Å². The smallest absolute Gasteiger partial charge is 0.275 e. The third-order valence-corrected chi connectivity index (χ3v) is 4.10. The van der Waals surface area contributed by atoms with Crippen molar-refractivity contribution in [3.63, 3.8) is 0 Å². The summed E-state index contributed by atoms with van der Waals surface area (Å²) in [6, 6.07) is 3.61. The van der Waals surface area contributed by atoms with Gasteiger partial charge in [0, 0.05) is 43.6 Å². The van der Waals surface area contributed by atoms with E-state index in [-0.39, 0.29) is 17.5 Å². The average molecular weight is 344 g/mol. The van der Waals surface area contributed by atoms with E-state index in [0.29, 0.717) is 32.1 Å². The van der Waals surface area contributed by atoms with E-state index in [1.165, 1.54) is 13.2 Å². The van der Waals surface area contributed by atoms with E-state index in [1.54, 1.807) is 22.1 Å². The van der Waals surface area contributed by atoms with Crippen molar-refractivity contribution in [2.75, 3.05) is 26.2 Å². The van der Waals surface area contributed by atoms with Gasteiger partial charge in [-0.05, 0) is 26.0 Å². The molecule has 1 N–H and O–H groups in total. The summed E-state index contributed by atoms with van der Waals surface area (Å²) in [5.41, 5.74) is 1.83. The Kier molecular flexibility index (Phi) is 4.80. The molecule has 8 heteroatoms. The molecule has 1 aliphatic heterocycles. The molecule has 1 atom stereocenters. The second kappa shape index (κ2) is 7.02.